The fraction of sp³-hybridized carbons (Fsp3) is 0.571. The Kier molecular flexibility index (Phi) is 6.19. The maximum Gasteiger partial charge on any atom is 0.227 e. The molecule has 0 bridgehead atoms. The highest BCUT2D eigenvalue weighted by Crippen LogP contribution is 2.60. The number of rotatable bonds is 6. The quantitative estimate of drug-likeness (QED) is 0.656. The third kappa shape index (κ3) is 4.58. The molecular weight excluding hydrogens is 417 g/mol. The Morgan fingerprint density at radius 3 is 2.32 bits per heavy atom. The Labute approximate surface area is 177 Å². The average molecular weight is 444 g/mol. The van der Waals surface area contributed by atoms with Crippen LogP contribution in [0, 0.1) is 17.3 Å². The second-order valence-electron chi connectivity index (χ2n) is 8.47. The van der Waals surface area contributed by atoms with Gasteiger partial charge in [0.2, 0.25) is 5.91 Å². The minimum Gasteiger partial charge on any atom is -0.334 e. The fourth-order valence-corrected chi connectivity index (χ4v) is 6.26. The minimum atomic E-state index is -3.09. The highest BCUT2D eigenvalue weighted by atomic mass is 35.5. The van der Waals surface area contributed by atoms with Crippen LogP contribution in [-0.4, -0.2) is 36.8 Å². The molecule has 1 aromatic carbocycles. The lowest BCUT2D eigenvalue weighted by Gasteiger charge is -2.29. The molecular formula is C21H27Cl2NO3S. The van der Waals surface area contributed by atoms with Crippen molar-refractivity contribution in [2.75, 3.05) is 11.5 Å². The Morgan fingerprint density at radius 1 is 1.21 bits per heavy atom. The van der Waals surface area contributed by atoms with Gasteiger partial charge in [0.25, 0.3) is 0 Å². The lowest BCUT2D eigenvalue weighted by Crippen LogP contribution is -2.42. The van der Waals surface area contributed by atoms with E-state index in [1.807, 2.05) is 26.0 Å². The maximum atomic E-state index is 13.5. The predicted octanol–water partition coefficient (Wildman–Crippen LogP) is 4.36. The largest absolute Gasteiger partial charge is 0.334 e. The van der Waals surface area contributed by atoms with E-state index in [1.165, 1.54) is 5.56 Å². The first-order valence-electron chi connectivity index (χ1n) is 9.66. The number of hydrogen-bond acceptors (Lipinski definition) is 3. The Balaban J connectivity index is 1.86. The van der Waals surface area contributed by atoms with Crippen LogP contribution in [-0.2, 0) is 27.6 Å². The van der Waals surface area contributed by atoms with Gasteiger partial charge >= 0.3 is 0 Å². The van der Waals surface area contributed by atoms with Crippen molar-refractivity contribution < 1.29 is 13.2 Å². The van der Waals surface area contributed by atoms with Crippen LogP contribution in [0.15, 0.2) is 34.8 Å². The van der Waals surface area contributed by atoms with Crippen molar-refractivity contribution in [3.63, 3.8) is 0 Å². The van der Waals surface area contributed by atoms with E-state index >= 15 is 0 Å². The number of benzene rings is 1. The molecule has 1 aromatic rings. The van der Waals surface area contributed by atoms with Crippen LogP contribution in [0.3, 0.4) is 0 Å². The van der Waals surface area contributed by atoms with E-state index in [0.717, 1.165) is 12.0 Å². The van der Waals surface area contributed by atoms with Gasteiger partial charge < -0.3 is 4.90 Å². The number of allylic oxidation sites excluding steroid dienone is 1. The van der Waals surface area contributed by atoms with Crippen molar-refractivity contribution in [3.05, 3.63) is 46.0 Å². The van der Waals surface area contributed by atoms with E-state index in [4.69, 9.17) is 23.2 Å². The summed E-state index contributed by atoms with van der Waals surface area (Å²) in [5, 5.41) is 0. The van der Waals surface area contributed by atoms with Crippen LogP contribution in [0.4, 0.5) is 0 Å². The summed E-state index contributed by atoms with van der Waals surface area (Å²) in [6.45, 7) is 6.56. The smallest absolute Gasteiger partial charge is 0.227 e. The first kappa shape index (κ1) is 21.7. The molecule has 1 aliphatic carbocycles. The summed E-state index contributed by atoms with van der Waals surface area (Å²) in [6.07, 6.45) is 3.17. The number of carbonyl (C=O) groups is 1. The number of hydrogen-bond donors (Lipinski definition) is 0. The first-order valence-corrected chi connectivity index (χ1v) is 12.2. The van der Waals surface area contributed by atoms with Gasteiger partial charge in [0.15, 0.2) is 9.84 Å². The highest BCUT2D eigenvalue weighted by molar-refractivity contribution is 7.91. The van der Waals surface area contributed by atoms with Crippen LogP contribution >= 0.6 is 23.2 Å². The number of carbonyl (C=O) groups excluding carboxylic acids is 1. The molecule has 2 aliphatic rings. The van der Waals surface area contributed by atoms with E-state index in [1.54, 1.807) is 11.0 Å². The standard InChI is InChI=1S/C21H27Cl2NO3S/c1-4-14-5-7-15(8-6-14)12-24(16-9-10-28(26,27)13-16)20(25)19-17(11-18(22)23)21(19,2)3/h5-8,11,16-17,19H,4,9-10,12-13H2,1-3H3/t16-,17-,19+/m0/s1. The van der Waals surface area contributed by atoms with Crippen LogP contribution < -0.4 is 0 Å². The monoisotopic (exact) mass is 443 g/mol. The van der Waals surface area contributed by atoms with Crippen molar-refractivity contribution in [1.29, 1.82) is 0 Å². The number of halogens is 2. The molecule has 3 rings (SSSR count). The first-order chi connectivity index (χ1) is 13.0. The number of sulfone groups is 1. The molecule has 0 N–H and O–H groups in total. The van der Waals surface area contributed by atoms with Gasteiger partial charge in [-0.1, -0.05) is 68.2 Å². The molecule has 0 radical (unpaired) electrons. The van der Waals surface area contributed by atoms with Crippen LogP contribution in [0.1, 0.15) is 38.3 Å². The predicted molar refractivity (Wildman–Crippen MR) is 114 cm³/mol. The van der Waals surface area contributed by atoms with Crippen LogP contribution in [0.2, 0.25) is 0 Å². The van der Waals surface area contributed by atoms with E-state index < -0.39 is 9.84 Å². The summed E-state index contributed by atoms with van der Waals surface area (Å²) in [5.41, 5.74) is 2.00. The highest BCUT2D eigenvalue weighted by Gasteiger charge is 2.62. The second kappa shape index (κ2) is 8.00. The normalized spacial score (nSPS) is 27.2. The van der Waals surface area contributed by atoms with Crippen molar-refractivity contribution in [1.82, 2.24) is 4.90 Å². The molecule has 1 aliphatic heterocycles. The van der Waals surface area contributed by atoms with Gasteiger partial charge in [-0.05, 0) is 41.4 Å². The third-order valence-corrected chi connectivity index (χ3v) is 8.20. The van der Waals surface area contributed by atoms with Gasteiger partial charge in [-0.15, -0.1) is 0 Å². The average Bonchev–Trinajstić information content (AvgIpc) is 2.95. The number of nitrogens with zero attached hydrogens (tertiary/aromatic N) is 1. The SMILES string of the molecule is CCc1ccc(CN(C(=O)[C@H]2[C@H](C=C(Cl)Cl)C2(C)C)[C@H]2CCS(=O)(=O)C2)cc1. The second-order valence-corrected chi connectivity index (χ2v) is 11.7. The molecule has 28 heavy (non-hydrogen) atoms. The van der Waals surface area contributed by atoms with Gasteiger partial charge in [-0.25, -0.2) is 8.42 Å². The molecule has 1 amide bonds. The van der Waals surface area contributed by atoms with Crippen molar-refractivity contribution >= 4 is 38.9 Å². The summed E-state index contributed by atoms with van der Waals surface area (Å²) in [5.74, 6) is -0.106. The lowest BCUT2D eigenvalue weighted by molar-refractivity contribution is -0.136. The molecule has 0 unspecified atom stereocenters. The zero-order valence-electron chi connectivity index (χ0n) is 16.5. The molecule has 1 saturated carbocycles. The van der Waals surface area contributed by atoms with E-state index in [0.29, 0.717) is 13.0 Å². The summed E-state index contributed by atoms with van der Waals surface area (Å²) < 4.78 is 24.3. The Hall–Kier alpha value is -1.04. The zero-order valence-corrected chi connectivity index (χ0v) is 18.8. The molecule has 2 fully saturated rings. The van der Waals surface area contributed by atoms with Gasteiger partial charge in [0.05, 0.1) is 17.4 Å². The molecule has 0 spiro atoms. The van der Waals surface area contributed by atoms with E-state index in [2.05, 4.69) is 19.1 Å². The van der Waals surface area contributed by atoms with E-state index in [-0.39, 0.29) is 45.2 Å². The lowest BCUT2D eigenvalue weighted by atomic mass is 10.1. The van der Waals surface area contributed by atoms with Gasteiger partial charge in [0, 0.05) is 12.6 Å². The summed E-state index contributed by atoms with van der Waals surface area (Å²) in [7, 11) is -3.09. The summed E-state index contributed by atoms with van der Waals surface area (Å²) in [4.78, 5) is 15.2. The topological polar surface area (TPSA) is 54.5 Å². The van der Waals surface area contributed by atoms with Crippen molar-refractivity contribution in [3.8, 4) is 0 Å². The van der Waals surface area contributed by atoms with Gasteiger partial charge in [-0.2, -0.15) is 0 Å². The Bertz CT molecular complexity index is 873. The molecule has 0 aromatic heterocycles. The molecule has 154 valence electrons. The van der Waals surface area contributed by atoms with Gasteiger partial charge in [-0.3, -0.25) is 4.79 Å². The molecule has 1 heterocycles. The zero-order chi connectivity index (χ0) is 20.7. The molecule has 3 atom stereocenters. The Morgan fingerprint density at radius 2 is 1.82 bits per heavy atom. The fourth-order valence-electron chi connectivity index (χ4n) is 4.26. The van der Waals surface area contributed by atoms with Crippen molar-refractivity contribution in [2.24, 2.45) is 17.3 Å². The summed E-state index contributed by atoms with van der Waals surface area (Å²) >= 11 is 11.7. The van der Waals surface area contributed by atoms with Crippen LogP contribution in [0.5, 0.6) is 0 Å². The summed E-state index contributed by atoms with van der Waals surface area (Å²) in [6, 6.07) is 7.88. The number of amides is 1. The number of aryl methyl sites for hydroxylation is 1. The minimum absolute atomic E-state index is 0.0116. The molecule has 4 nitrogen and oxygen atoms in total. The van der Waals surface area contributed by atoms with E-state index in [9.17, 15) is 13.2 Å². The van der Waals surface area contributed by atoms with Crippen molar-refractivity contribution in [2.45, 2.75) is 46.2 Å². The third-order valence-electron chi connectivity index (χ3n) is 6.20. The van der Waals surface area contributed by atoms with Crippen LogP contribution in [0.25, 0.3) is 0 Å². The van der Waals surface area contributed by atoms with Gasteiger partial charge in [0.1, 0.15) is 4.49 Å². The molecule has 1 saturated heterocycles. The molecule has 7 heteroatoms. The maximum absolute atomic E-state index is 13.5.